The molecule has 0 aliphatic carbocycles. The van der Waals surface area contributed by atoms with Gasteiger partial charge in [-0.05, 0) is 6.07 Å². The number of benzene rings is 1. The van der Waals surface area contributed by atoms with Crippen LogP contribution in [0.25, 0.3) is 5.69 Å². The quantitative estimate of drug-likeness (QED) is 0.462. The molecule has 0 N–H and O–H groups in total. The first-order valence-corrected chi connectivity index (χ1v) is 4.95. The van der Waals surface area contributed by atoms with Crippen molar-refractivity contribution < 1.29 is 14.4 Å². The highest BCUT2D eigenvalue weighted by Crippen LogP contribution is 2.27. The van der Waals surface area contributed by atoms with Gasteiger partial charge in [0.15, 0.2) is 0 Å². The summed E-state index contributed by atoms with van der Waals surface area (Å²) in [6.45, 7) is 0. The maximum absolute atomic E-state index is 10.9. The summed E-state index contributed by atoms with van der Waals surface area (Å²) < 4.78 is 3.24. The van der Waals surface area contributed by atoms with Crippen molar-refractivity contribution in [3.63, 3.8) is 0 Å². The van der Waals surface area contributed by atoms with Crippen LogP contribution in [0.2, 0.25) is 0 Å². The largest absolute Gasteiger partial charge is 0.322 e. The third kappa shape index (κ3) is 2.03. The Bertz CT molecular complexity index is 635. The fourth-order valence-electron chi connectivity index (χ4n) is 1.58. The summed E-state index contributed by atoms with van der Waals surface area (Å²) in [6, 6.07) is 3.55. The Balaban J connectivity index is 2.60. The Kier molecular flexibility index (Phi) is 2.76. The van der Waals surface area contributed by atoms with E-state index in [4.69, 9.17) is 0 Å². The zero-order valence-corrected chi connectivity index (χ0v) is 9.39. The number of aryl methyl sites for hydroxylation is 1. The molecule has 0 unspecified atom stereocenters. The van der Waals surface area contributed by atoms with Crippen LogP contribution in [0.15, 0.2) is 36.9 Å². The van der Waals surface area contributed by atoms with E-state index in [0.29, 0.717) is 0 Å². The van der Waals surface area contributed by atoms with Gasteiger partial charge >= 0.3 is 5.69 Å². The predicted octanol–water partition coefficient (Wildman–Crippen LogP) is 1.12. The number of hydrogen-bond donors (Lipinski definition) is 0. The van der Waals surface area contributed by atoms with Crippen LogP contribution in [0.4, 0.5) is 11.4 Å². The molecule has 92 valence electrons. The van der Waals surface area contributed by atoms with Gasteiger partial charge in [-0.2, -0.15) is 4.57 Å². The SMILES string of the molecule is C[n+]1ccn(-c2ccc([N+](=O)[O-])cc2[N+](=O)[O-])c1. The molecule has 0 radical (unpaired) electrons. The zero-order valence-electron chi connectivity index (χ0n) is 9.39. The molecule has 0 bridgehead atoms. The number of hydrogen-bond acceptors (Lipinski definition) is 4. The normalized spacial score (nSPS) is 10.3. The van der Waals surface area contributed by atoms with Crippen LogP contribution in [-0.4, -0.2) is 14.4 Å². The van der Waals surface area contributed by atoms with Gasteiger partial charge in [0.05, 0.1) is 23.0 Å². The fourth-order valence-corrected chi connectivity index (χ4v) is 1.58. The minimum atomic E-state index is -0.660. The van der Waals surface area contributed by atoms with E-state index in [1.165, 1.54) is 16.7 Å². The summed E-state index contributed by atoms with van der Waals surface area (Å²) >= 11 is 0. The molecular weight excluding hydrogens is 240 g/mol. The summed E-state index contributed by atoms with van der Waals surface area (Å²) in [4.78, 5) is 20.2. The molecule has 0 fully saturated rings. The lowest BCUT2D eigenvalue weighted by Gasteiger charge is -1.98. The second-order valence-electron chi connectivity index (χ2n) is 3.67. The predicted molar refractivity (Wildman–Crippen MR) is 60.3 cm³/mol. The van der Waals surface area contributed by atoms with E-state index in [0.717, 1.165) is 6.07 Å². The number of nitrogens with zero attached hydrogens (tertiary/aromatic N) is 4. The molecule has 0 amide bonds. The van der Waals surface area contributed by atoms with E-state index in [2.05, 4.69) is 0 Å². The van der Waals surface area contributed by atoms with Gasteiger partial charge in [0.2, 0.25) is 12.0 Å². The Hall–Kier alpha value is -2.77. The van der Waals surface area contributed by atoms with Crippen molar-refractivity contribution in [2.75, 3.05) is 0 Å². The van der Waals surface area contributed by atoms with Gasteiger partial charge in [-0.1, -0.05) is 0 Å². The van der Waals surface area contributed by atoms with E-state index in [1.807, 2.05) is 0 Å². The third-order valence-electron chi connectivity index (χ3n) is 2.41. The molecule has 0 saturated carbocycles. The molecule has 2 aromatic rings. The summed E-state index contributed by atoms with van der Waals surface area (Å²) in [6.07, 6.45) is 4.98. The third-order valence-corrected chi connectivity index (χ3v) is 2.41. The molecule has 8 nitrogen and oxygen atoms in total. The molecule has 1 heterocycles. The van der Waals surface area contributed by atoms with Crippen molar-refractivity contribution in [2.45, 2.75) is 0 Å². The highest BCUT2D eigenvalue weighted by molar-refractivity contribution is 5.57. The van der Waals surface area contributed by atoms with Crippen molar-refractivity contribution in [2.24, 2.45) is 7.05 Å². The van der Waals surface area contributed by atoms with Gasteiger partial charge in [-0.25, -0.2) is 4.57 Å². The van der Waals surface area contributed by atoms with Crippen LogP contribution >= 0.6 is 0 Å². The summed E-state index contributed by atoms with van der Waals surface area (Å²) in [5.41, 5.74) is -0.325. The Morgan fingerprint density at radius 2 is 1.94 bits per heavy atom. The first-order chi connectivity index (χ1) is 8.49. The fraction of sp³-hybridized carbons (Fsp3) is 0.100. The van der Waals surface area contributed by atoms with Crippen LogP contribution in [0.3, 0.4) is 0 Å². The van der Waals surface area contributed by atoms with Crippen molar-refractivity contribution in [3.8, 4) is 5.69 Å². The molecule has 0 spiro atoms. The first-order valence-electron chi connectivity index (χ1n) is 4.95. The van der Waals surface area contributed by atoms with Crippen LogP contribution in [0.1, 0.15) is 0 Å². The van der Waals surface area contributed by atoms with Crippen molar-refractivity contribution in [3.05, 3.63) is 57.1 Å². The highest BCUT2D eigenvalue weighted by Gasteiger charge is 2.23. The van der Waals surface area contributed by atoms with Gasteiger partial charge in [-0.15, -0.1) is 0 Å². The first kappa shape index (κ1) is 11.7. The molecule has 1 aromatic carbocycles. The molecule has 0 aliphatic rings. The lowest BCUT2D eigenvalue weighted by molar-refractivity contribution is -0.670. The Morgan fingerprint density at radius 1 is 1.22 bits per heavy atom. The van der Waals surface area contributed by atoms with Gasteiger partial charge in [-0.3, -0.25) is 20.2 Å². The number of nitro groups is 2. The standard InChI is InChI=1S/C10H9N4O4/c1-11-4-5-12(7-11)9-3-2-8(13(15)16)6-10(9)14(17)18/h2-7H,1H3/q+1. The Labute approximate surface area is 101 Å². The average molecular weight is 249 g/mol. The van der Waals surface area contributed by atoms with Crippen LogP contribution in [0, 0.1) is 20.2 Å². The topological polar surface area (TPSA) is 95.1 Å². The maximum Gasteiger partial charge on any atom is 0.322 e. The average Bonchev–Trinajstić information content (AvgIpc) is 2.74. The number of non-ortho nitro benzene ring substituents is 1. The minimum absolute atomic E-state index is 0.284. The molecule has 0 saturated heterocycles. The molecule has 0 aliphatic heterocycles. The second kappa shape index (κ2) is 4.24. The molecule has 1 aromatic heterocycles. The summed E-state index contributed by atoms with van der Waals surface area (Å²) in [7, 11) is 1.77. The maximum atomic E-state index is 10.9. The summed E-state index contributed by atoms with van der Waals surface area (Å²) in [5.74, 6) is 0. The van der Waals surface area contributed by atoms with Crippen LogP contribution in [0.5, 0.6) is 0 Å². The van der Waals surface area contributed by atoms with Crippen LogP contribution < -0.4 is 4.57 Å². The van der Waals surface area contributed by atoms with E-state index in [1.54, 1.807) is 30.3 Å². The number of imidazole rings is 1. The van der Waals surface area contributed by atoms with E-state index in [9.17, 15) is 20.2 Å². The van der Waals surface area contributed by atoms with Gasteiger partial charge < -0.3 is 0 Å². The van der Waals surface area contributed by atoms with Crippen molar-refractivity contribution in [1.29, 1.82) is 0 Å². The smallest absolute Gasteiger partial charge is 0.258 e. The van der Waals surface area contributed by atoms with Gasteiger partial charge in [0.25, 0.3) is 5.69 Å². The molecule has 18 heavy (non-hydrogen) atoms. The van der Waals surface area contributed by atoms with Crippen LogP contribution in [-0.2, 0) is 7.05 Å². The molecule has 8 heteroatoms. The Morgan fingerprint density at radius 3 is 2.44 bits per heavy atom. The van der Waals surface area contributed by atoms with Crippen molar-refractivity contribution in [1.82, 2.24) is 4.57 Å². The van der Waals surface area contributed by atoms with E-state index >= 15 is 0 Å². The van der Waals surface area contributed by atoms with Gasteiger partial charge in [0.1, 0.15) is 12.4 Å². The lowest BCUT2D eigenvalue weighted by atomic mass is 10.2. The second-order valence-corrected chi connectivity index (χ2v) is 3.67. The highest BCUT2D eigenvalue weighted by atomic mass is 16.6. The van der Waals surface area contributed by atoms with E-state index < -0.39 is 9.85 Å². The number of rotatable bonds is 3. The van der Waals surface area contributed by atoms with Gasteiger partial charge in [0, 0.05) is 6.07 Å². The monoisotopic (exact) mass is 249 g/mol. The zero-order chi connectivity index (χ0) is 13.3. The van der Waals surface area contributed by atoms with Crippen molar-refractivity contribution >= 4 is 11.4 Å². The summed E-state index contributed by atoms with van der Waals surface area (Å²) in [5, 5.41) is 21.5. The van der Waals surface area contributed by atoms with E-state index in [-0.39, 0.29) is 17.1 Å². The lowest BCUT2D eigenvalue weighted by Crippen LogP contribution is -2.23. The number of nitro benzene ring substituents is 2. The number of aromatic nitrogens is 2. The molecule has 0 atom stereocenters. The molecule has 2 rings (SSSR count). The minimum Gasteiger partial charge on any atom is -0.258 e. The molecular formula is C10H9N4O4+.